The highest BCUT2D eigenvalue weighted by atomic mass is 32.2. The first kappa shape index (κ1) is 24.4. The van der Waals surface area contributed by atoms with Crippen molar-refractivity contribution in [2.24, 2.45) is 0 Å². The van der Waals surface area contributed by atoms with E-state index < -0.39 is 10.0 Å². The lowest BCUT2D eigenvalue weighted by Gasteiger charge is -2.31. The van der Waals surface area contributed by atoms with E-state index >= 15 is 0 Å². The van der Waals surface area contributed by atoms with Crippen LogP contribution in [0, 0.1) is 0 Å². The van der Waals surface area contributed by atoms with Crippen molar-refractivity contribution in [2.45, 2.75) is 30.3 Å². The van der Waals surface area contributed by atoms with Gasteiger partial charge >= 0.3 is 0 Å². The number of hydrogen-bond donors (Lipinski definition) is 1. The van der Waals surface area contributed by atoms with Gasteiger partial charge in [0.25, 0.3) is 0 Å². The quantitative estimate of drug-likeness (QED) is 0.520. The molecule has 3 aliphatic heterocycles. The molecule has 1 N–H and O–H groups in total. The molecule has 0 radical (unpaired) electrons. The van der Waals surface area contributed by atoms with E-state index in [2.05, 4.69) is 10.2 Å². The molecule has 0 bridgehead atoms. The number of carbonyl (C=O) groups excluding carboxylic acids is 1. The first-order valence-corrected chi connectivity index (χ1v) is 13.0. The molecule has 0 aliphatic carbocycles. The zero-order valence-electron chi connectivity index (χ0n) is 18.9. The predicted molar refractivity (Wildman–Crippen MR) is 122 cm³/mol. The van der Waals surface area contributed by atoms with Crippen LogP contribution in [0.2, 0.25) is 0 Å². The van der Waals surface area contributed by atoms with Crippen molar-refractivity contribution < 1.29 is 32.2 Å². The monoisotopic (exact) mass is 483 g/mol. The molecule has 0 spiro atoms. The molecule has 1 unspecified atom stereocenters. The maximum Gasteiger partial charge on any atom is 0.243 e. The summed E-state index contributed by atoms with van der Waals surface area (Å²) in [7, 11) is -3.68. The molecule has 1 aromatic rings. The first-order chi connectivity index (χ1) is 16.0. The third-order valence-corrected chi connectivity index (χ3v) is 7.90. The second-order valence-corrected chi connectivity index (χ2v) is 10.2. The number of morpholine rings is 2. The highest BCUT2D eigenvalue weighted by Crippen LogP contribution is 2.31. The molecule has 0 aromatic heterocycles. The second-order valence-electron chi connectivity index (χ2n) is 8.30. The van der Waals surface area contributed by atoms with Crippen molar-refractivity contribution >= 4 is 27.3 Å². The van der Waals surface area contributed by atoms with Gasteiger partial charge in [-0.3, -0.25) is 4.79 Å². The van der Waals surface area contributed by atoms with E-state index in [-0.39, 0.29) is 29.9 Å². The van der Waals surface area contributed by atoms with Gasteiger partial charge in [-0.1, -0.05) is 0 Å². The summed E-state index contributed by atoms with van der Waals surface area (Å²) < 4.78 is 49.6. The predicted octanol–water partition coefficient (Wildman–Crippen LogP) is 1.07. The highest BCUT2D eigenvalue weighted by Gasteiger charge is 2.28. The molecule has 3 saturated heterocycles. The van der Waals surface area contributed by atoms with Crippen molar-refractivity contribution in [1.29, 1.82) is 0 Å². The van der Waals surface area contributed by atoms with E-state index in [1.807, 2.05) is 0 Å². The van der Waals surface area contributed by atoms with Crippen LogP contribution in [0.4, 0.5) is 11.4 Å². The summed E-state index contributed by atoms with van der Waals surface area (Å²) in [6.07, 6.45) is 2.32. The standard InChI is InChI=1S/C22H33N3O7S/c26-22(5-11-31-17-18-2-1-10-32-18)23-20-16-19(33(27,28)25-8-14-30-15-9-25)3-4-21(20)24-6-12-29-13-7-24/h3-4,16,18H,1-2,5-15,17H2,(H,23,26). The Labute approximate surface area is 195 Å². The van der Waals surface area contributed by atoms with E-state index in [1.54, 1.807) is 18.2 Å². The fraction of sp³-hybridized carbons (Fsp3) is 0.682. The molecule has 184 valence electrons. The molecule has 3 fully saturated rings. The Kier molecular flexibility index (Phi) is 8.55. The fourth-order valence-electron chi connectivity index (χ4n) is 4.16. The number of hydrogen-bond acceptors (Lipinski definition) is 8. The molecule has 3 aliphatic rings. The topological polar surface area (TPSA) is 107 Å². The number of carbonyl (C=O) groups is 1. The lowest BCUT2D eigenvalue weighted by atomic mass is 10.2. The van der Waals surface area contributed by atoms with Gasteiger partial charge in [0.2, 0.25) is 15.9 Å². The van der Waals surface area contributed by atoms with Crippen molar-refractivity contribution in [3.63, 3.8) is 0 Å². The van der Waals surface area contributed by atoms with Gasteiger partial charge in [-0.25, -0.2) is 8.42 Å². The van der Waals surface area contributed by atoms with Gasteiger partial charge in [-0.05, 0) is 31.0 Å². The van der Waals surface area contributed by atoms with Crippen molar-refractivity contribution in [2.75, 3.05) is 82.6 Å². The average Bonchev–Trinajstić information content (AvgIpc) is 3.36. The van der Waals surface area contributed by atoms with E-state index in [4.69, 9.17) is 18.9 Å². The Morgan fingerprint density at radius 1 is 1.06 bits per heavy atom. The second kappa shape index (κ2) is 11.6. The molecule has 1 aromatic carbocycles. The lowest BCUT2D eigenvalue weighted by molar-refractivity contribution is -0.117. The largest absolute Gasteiger partial charge is 0.379 e. The van der Waals surface area contributed by atoms with E-state index in [9.17, 15) is 13.2 Å². The average molecular weight is 484 g/mol. The smallest absolute Gasteiger partial charge is 0.243 e. The summed E-state index contributed by atoms with van der Waals surface area (Å²) in [5, 5.41) is 2.91. The summed E-state index contributed by atoms with van der Waals surface area (Å²) in [6.45, 7) is 5.42. The molecule has 1 atom stereocenters. The molecule has 11 heteroatoms. The van der Waals surface area contributed by atoms with Crippen LogP contribution in [0.3, 0.4) is 0 Å². The van der Waals surface area contributed by atoms with Crippen LogP contribution in [0.25, 0.3) is 0 Å². The zero-order valence-corrected chi connectivity index (χ0v) is 19.7. The number of benzene rings is 1. The van der Waals surface area contributed by atoms with Crippen molar-refractivity contribution in [3.8, 4) is 0 Å². The Hall–Kier alpha value is -1.76. The minimum Gasteiger partial charge on any atom is -0.379 e. The van der Waals surface area contributed by atoms with Crippen molar-refractivity contribution in [3.05, 3.63) is 18.2 Å². The van der Waals surface area contributed by atoms with E-state index in [0.717, 1.165) is 25.1 Å². The lowest BCUT2D eigenvalue weighted by Crippen LogP contribution is -2.40. The number of anilines is 2. The maximum absolute atomic E-state index is 13.1. The van der Waals surface area contributed by atoms with Crippen LogP contribution in [0.5, 0.6) is 0 Å². The van der Waals surface area contributed by atoms with Gasteiger partial charge in [0.15, 0.2) is 0 Å². The maximum atomic E-state index is 13.1. The number of nitrogens with zero attached hydrogens (tertiary/aromatic N) is 2. The molecule has 33 heavy (non-hydrogen) atoms. The molecule has 4 rings (SSSR count). The minimum atomic E-state index is -3.68. The van der Waals surface area contributed by atoms with Gasteiger partial charge in [-0.2, -0.15) is 4.31 Å². The van der Waals surface area contributed by atoms with Gasteiger partial charge < -0.3 is 29.2 Å². The summed E-state index contributed by atoms with van der Waals surface area (Å²) in [5.41, 5.74) is 1.27. The number of rotatable bonds is 9. The summed E-state index contributed by atoms with van der Waals surface area (Å²) >= 11 is 0. The molecule has 1 amide bonds. The summed E-state index contributed by atoms with van der Waals surface area (Å²) in [6, 6.07) is 4.93. The Morgan fingerprint density at radius 3 is 2.48 bits per heavy atom. The van der Waals surface area contributed by atoms with Gasteiger partial charge in [0.1, 0.15) is 0 Å². The van der Waals surface area contributed by atoms with Crippen LogP contribution < -0.4 is 10.2 Å². The van der Waals surface area contributed by atoms with Crippen LogP contribution >= 0.6 is 0 Å². The molecular formula is C22H33N3O7S. The van der Waals surface area contributed by atoms with Crippen LogP contribution in [-0.4, -0.2) is 97.2 Å². The van der Waals surface area contributed by atoms with E-state index in [0.29, 0.717) is 64.9 Å². The highest BCUT2D eigenvalue weighted by molar-refractivity contribution is 7.89. The SMILES string of the molecule is O=C(CCOCC1CCCO1)Nc1cc(S(=O)(=O)N2CCOCC2)ccc1N1CCOCC1. The van der Waals surface area contributed by atoms with E-state index in [1.165, 1.54) is 4.31 Å². The van der Waals surface area contributed by atoms with Crippen LogP contribution in [-0.2, 0) is 33.8 Å². The third-order valence-electron chi connectivity index (χ3n) is 6.00. The third kappa shape index (κ3) is 6.43. The number of nitrogens with one attached hydrogen (secondary N) is 1. The zero-order chi connectivity index (χ0) is 23.1. The van der Waals surface area contributed by atoms with Crippen LogP contribution in [0.1, 0.15) is 19.3 Å². The normalized spacial score (nSPS) is 22.4. The van der Waals surface area contributed by atoms with Crippen molar-refractivity contribution in [1.82, 2.24) is 4.31 Å². The fourth-order valence-corrected chi connectivity index (χ4v) is 5.59. The molecule has 0 saturated carbocycles. The molecule has 10 nitrogen and oxygen atoms in total. The molecule has 3 heterocycles. The number of sulfonamides is 1. The summed E-state index contributed by atoms with van der Waals surface area (Å²) in [4.78, 5) is 14.9. The Bertz CT molecular complexity index is 893. The van der Waals surface area contributed by atoms with Gasteiger partial charge in [0.05, 0.1) is 68.4 Å². The Balaban J connectivity index is 1.45. The number of amides is 1. The Morgan fingerprint density at radius 2 is 1.79 bits per heavy atom. The van der Waals surface area contributed by atoms with Crippen LogP contribution in [0.15, 0.2) is 23.1 Å². The number of ether oxygens (including phenoxy) is 4. The first-order valence-electron chi connectivity index (χ1n) is 11.6. The van der Waals surface area contributed by atoms with Gasteiger partial charge in [-0.15, -0.1) is 0 Å². The molecular weight excluding hydrogens is 450 g/mol. The minimum absolute atomic E-state index is 0.114. The van der Waals surface area contributed by atoms with Gasteiger partial charge in [0, 0.05) is 32.8 Å². The summed E-state index contributed by atoms with van der Waals surface area (Å²) in [5.74, 6) is -0.224.